The summed E-state index contributed by atoms with van der Waals surface area (Å²) in [5, 5.41) is 0. The minimum Gasteiger partial charge on any atom is -0.119 e. The standard InChI is InChI=1S/C18H29Cl/c1-4-5-6-7-8-12-15-17(18(2,3)19)16-13-10-9-11-14-16/h9-11,13-14,17H,4-8,12,15H2,1-3H3. The van der Waals surface area contributed by atoms with Crippen LogP contribution in [0.25, 0.3) is 0 Å². The Balaban J connectivity index is 2.44. The summed E-state index contributed by atoms with van der Waals surface area (Å²) in [4.78, 5) is -0.162. The molecule has 1 aromatic carbocycles. The Labute approximate surface area is 124 Å². The molecular formula is C18H29Cl. The van der Waals surface area contributed by atoms with Crippen molar-refractivity contribution in [2.24, 2.45) is 0 Å². The monoisotopic (exact) mass is 280 g/mol. The predicted octanol–water partition coefficient (Wildman–Crippen LogP) is 6.54. The van der Waals surface area contributed by atoms with Gasteiger partial charge in [-0.1, -0.05) is 75.8 Å². The minimum absolute atomic E-state index is 0.162. The van der Waals surface area contributed by atoms with Gasteiger partial charge in [-0.15, -0.1) is 11.6 Å². The lowest BCUT2D eigenvalue weighted by Crippen LogP contribution is -2.22. The lowest BCUT2D eigenvalue weighted by atomic mass is 9.83. The summed E-state index contributed by atoms with van der Waals surface area (Å²) < 4.78 is 0. The molecule has 0 nitrogen and oxygen atoms in total. The molecule has 1 heteroatoms. The highest BCUT2D eigenvalue weighted by Crippen LogP contribution is 2.37. The molecule has 0 spiro atoms. The Hall–Kier alpha value is -0.490. The summed E-state index contributed by atoms with van der Waals surface area (Å²) in [5.41, 5.74) is 1.39. The Bertz CT molecular complexity index is 323. The van der Waals surface area contributed by atoms with Crippen molar-refractivity contribution in [2.45, 2.75) is 76.5 Å². The van der Waals surface area contributed by atoms with Crippen LogP contribution in [-0.2, 0) is 0 Å². The van der Waals surface area contributed by atoms with Crippen LogP contribution in [0.2, 0.25) is 0 Å². The Morgan fingerprint density at radius 1 is 0.947 bits per heavy atom. The van der Waals surface area contributed by atoms with Crippen LogP contribution in [-0.4, -0.2) is 4.87 Å². The van der Waals surface area contributed by atoms with Gasteiger partial charge in [-0.05, 0) is 25.8 Å². The molecule has 0 amide bonds. The van der Waals surface area contributed by atoms with Crippen molar-refractivity contribution in [1.82, 2.24) is 0 Å². The van der Waals surface area contributed by atoms with E-state index in [-0.39, 0.29) is 4.87 Å². The zero-order chi connectivity index (χ0) is 14.1. The molecule has 19 heavy (non-hydrogen) atoms. The van der Waals surface area contributed by atoms with Gasteiger partial charge in [0.2, 0.25) is 0 Å². The highest BCUT2D eigenvalue weighted by molar-refractivity contribution is 6.24. The third-order valence-corrected chi connectivity index (χ3v) is 4.14. The van der Waals surface area contributed by atoms with Gasteiger partial charge in [0.05, 0.1) is 0 Å². The van der Waals surface area contributed by atoms with Crippen molar-refractivity contribution in [3.8, 4) is 0 Å². The summed E-state index contributed by atoms with van der Waals surface area (Å²) >= 11 is 6.60. The molecule has 0 heterocycles. The highest BCUT2D eigenvalue weighted by Gasteiger charge is 2.27. The van der Waals surface area contributed by atoms with Crippen LogP contribution in [0.15, 0.2) is 30.3 Å². The van der Waals surface area contributed by atoms with Crippen molar-refractivity contribution in [1.29, 1.82) is 0 Å². The maximum Gasteiger partial charge on any atom is 0.0459 e. The fraction of sp³-hybridized carbons (Fsp3) is 0.667. The topological polar surface area (TPSA) is 0 Å². The van der Waals surface area contributed by atoms with Gasteiger partial charge in [-0.3, -0.25) is 0 Å². The molecule has 1 unspecified atom stereocenters. The Kier molecular flexibility index (Phi) is 7.53. The van der Waals surface area contributed by atoms with Crippen molar-refractivity contribution in [3.05, 3.63) is 35.9 Å². The average Bonchev–Trinajstić information content (AvgIpc) is 2.37. The number of hydrogen-bond donors (Lipinski definition) is 0. The van der Waals surface area contributed by atoms with E-state index in [4.69, 9.17) is 11.6 Å². The van der Waals surface area contributed by atoms with E-state index in [1.165, 1.54) is 50.5 Å². The molecule has 0 radical (unpaired) electrons. The fourth-order valence-electron chi connectivity index (χ4n) is 2.72. The number of benzene rings is 1. The van der Waals surface area contributed by atoms with Crippen LogP contribution in [0.4, 0.5) is 0 Å². The molecular weight excluding hydrogens is 252 g/mol. The zero-order valence-electron chi connectivity index (χ0n) is 12.8. The normalized spacial score (nSPS) is 13.5. The third-order valence-electron chi connectivity index (χ3n) is 3.88. The molecule has 1 atom stereocenters. The molecule has 0 N–H and O–H groups in total. The zero-order valence-corrected chi connectivity index (χ0v) is 13.5. The van der Waals surface area contributed by atoms with Crippen LogP contribution in [0.1, 0.15) is 77.2 Å². The Morgan fingerprint density at radius 2 is 1.53 bits per heavy atom. The van der Waals surface area contributed by atoms with E-state index >= 15 is 0 Å². The second-order valence-corrected chi connectivity index (χ2v) is 7.06. The summed E-state index contributed by atoms with van der Waals surface area (Å²) in [6.07, 6.45) is 9.29. The third kappa shape index (κ3) is 6.47. The van der Waals surface area contributed by atoms with Gasteiger partial charge in [0, 0.05) is 10.8 Å². The van der Waals surface area contributed by atoms with Crippen LogP contribution < -0.4 is 0 Å². The maximum absolute atomic E-state index is 6.60. The predicted molar refractivity (Wildman–Crippen MR) is 87.1 cm³/mol. The van der Waals surface area contributed by atoms with E-state index in [9.17, 15) is 0 Å². The number of unbranched alkanes of at least 4 members (excludes halogenated alkanes) is 5. The van der Waals surface area contributed by atoms with Crippen LogP contribution >= 0.6 is 11.6 Å². The second kappa shape index (κ2) is 8.64. The van der Waals surface area contributed by atoms with Crippen LogP contribution in [0.5, 0.6) is 0 Å². The number of alkyl halides is 1. The smallest absolute Gasteiger partial charge is 0.0459 e. The summed E-state index contributed by atoms with van der Waals surface area (Å²) in [6.45, 7) is 6.55. The molecule has 108 valence electrons. The largest absolute Gasteiger partial charge is 0.119 e. The lowest BCUT2D eigenvalue weighted by Gasteiger charge is -2.29. The minimum atomic E-state index is -0.162. The van der Waals surface area contributed by atoms with E-state index in [1.807, 2.05) is 0 Å². The van der Waals surface area contributed by atoms with Crippen molar-refractivity contribution in [3.63, 3.8) is 0 Å². The van der Waals surface area contributed by atoms with E-state index in [2.05, 4.69) is 51.1 Å². The average molecular weight is 281 g/mol. The van der Waals surface area contributed by atoms with E-state index in [0.717, 1.165) is 0 Å². The summed E-state index contributed by atoms with van der Waals surface area (Å²) in [6, 6.07) is 10.7. The molecule has 0 aliphatic rings. The van der Waals surface area contributed by atoms with Crippen LogP contribution in [0, 0.1) is 0 Å². The van der Waals surface area contributed by atoms with Crippen molar-refractivity contribution in [2.75, 3.05) is 0 Å². The van der Waals surface area contributed by atoms with Gasteiger partial charge in [0.25, 0.3) is 0 Å². The van der Waals surface area contributed by atoms with Gasteiger partial charge in [-0.2, -0.15) is 0 Å². The van der Waals surface area contributed by atoms with Crippen molar-refractivity contribution < 1.29 is 0 Å². The fourth-order valence-corrected chi connectivity index (χ4v) is 2.96. The number of hydrogen-bond acceptors (Lipinski definition) is 0. The molecule has 0 aliphatic heterocycles. The number of halogens is 1. The molecule has 0 aromatic heterocycles. The molecule has 0 aliphatic carbocycles. The molecule has 0 bridgehead atoms. The first-order valence-electron chi connectivity index (χ1n) is 7.79. The first-order valence-corrected chi connectivity index (χ1v) is 8.17. The first kappa shape index (κ1) is 16.6. The SMILES string of the molecule is CCCCCCCCC(c1ccccc1)C(C)(C)Cl. The maximum atomic E-state index is 6.60. The molecule has 0 saturated carbocycles. The van der Waals surface area contributed by atoms with Gasteiger partial charge >= 0.3 is 0 Å². The summed E-state index contributed by atoms with van der Waals surface area (Å²) in [5.74, 6) is 0.460. The molecule has 0 fully saturated rings. The first-order chi connectivity index (χ1) is 9.05. The molecule has 1 aromatic rings. The van der Waals surface area contributed by atoms with Crippen molar-refractivity contribution >= 4 is 11.6 Å². The van der Waals surface area contributed by atoms with Gasteiger partial charge in [0.1, 0.15) is 0 Å². The van der Waals surface area contributed by atoms with Gasteiger partial charge in [0.15, 0.2) is 0 Å². The van der Waals surface area contributed by atoms with E-state index in [0.29, 0.717) is 5.92 Å². The highest BCUT2D eigenvalue weighted by atomic mass is 35.5. The quantitative estimate of drug-likeness (QED) is 0.356. The van der Waals surface area contributed by atoms with E-state index in [1.54, 1.807) is 0 Å². The van der Waals surface area contributed by atoms with Gasteiger partial charge < -0.3 is 0 Å². The van der Waals surface area contributed by atoms with Gasteiger partial charge in [-0.25, -0.2) is 0 Å². The summed E-state index contributed by atoms with van der Waals surface area (Å²) in [7, 11) is 0. The Morgan fingerprint density at radius 3 is 2.11 bits per heavy atom. The lowest BCUT2D eigenvalue weighted by molar-refractivity contribution is 0.467. The number of rotatable bonds is 9. The van der Waals surface area contributed by atoms with Crippen LogP contribution in [0.3, 0.4) is 0 Å². The molecule has 1 rings (SSSR count). The second-order valence-electron chi connectivity index (χ2n) is 6.08. The molecule has 0 saturated heterocycles. The van der Waals surface area contributed by atoms with E-state index < -0.39 is 0 Å².